The SMILES string of the molecule is C1CC[SiH2]C1.[CH3][Hf][CH](C1C(C)=Cc2c(-c3ccccc3)cccc21)C1C(C)=Cc2c(-c3ccccc3)cccc21. The molecule has 0 aromatic heterocycles. The van der Waals surface area contributed by atoms with Crippen LogP contribution in [0.5, 0.6) is 0 Å². The van der Waals surface area contributed by atoms with Gasteiger partial charge in [0.15, 0.2) is 0 Å². The van der Waals surface area contributed by atoms with Crippen molar-refractivity contribution in [2.24, 2.45) is 0 Å². The van der Waals surface area contributed by atoms with Gasteiger partial charge >= 0.3 is 222 Å². The average Bonchev–Trinajstić information content (AvgIpc) is 3.75. The minimum atomic E-state index is -0.887. The molecule has 4 aromatic rings. The zero-order valence-corrected chi connectivity index (χ0v) is 29.2. The number of fused-ring (bicyclic) bond motifs is 2. The first kappa shape index (κ1) is 27.6. The van der Waals surface area contributed by atoms with Gasteiger partial charge in [-0.1, -0.05) is 24.9 Å². The van der Waals surface area contributed by atoms with E-state index in [0.717, 1.165) is 3.67 Å². The third-order valence-corrected chi connectivity index (χ3v) is 15.9. The van der Waals surface area contributed by atoms with E-state index in [0.29, 0.717) is 21.4 Å². The molecule has 1 aliphatic heterocycles. The van der Waals surface area contributed by atoms with Gasteiger partial charge in [-0.05, 0) is 0 Å². The Morgan fingerprint density at radius 1 is 0.600 bits per heavy atom. The average molecular weight is 703 g/mol. The molecule has 2 heteroatoms. The molecule has 0 nitrogen and oxygen atoms in total. The zero-order valence-electron chi connectivity index (χ0n) is 24.2. The van der Waals surface area contributed by atoms with E-state index in [1.807, 2.05) is 0 Å². The summed E-state index contributed by atoms with van der Waals surface area (Å²) < 4.78 is 3.30. The van der Waals surface area contributed by atoms with E-state index in [-0.39, 0.29) is 0 Å². The second kappa shape index (κ2) is 12.5. The van der Waals surface area contributed by atoms with E-state index in [1.165, 1.54) is 33.4 Å². The summed E-state index contributed by atoms with van der Waals surface area (Å²) >= 11 is -0.887. The summed E-state index contributed by atoms with van der Waals surface area (Å²) in [5, 5.41) is 0. The fourth-order valence-electron chi connectivity index (χ4n) is 7.26. The van der Waals surface area contributed by atoms with E-state index >= 15 is 0 Å². The molecule has 0 radical (unpaired) electrons. The van der Waals surface area contributed by atoms with Gasteiger partial charge in [0.2, 0.25) is 0 Å². The Balaban J connectivity index is 0.000000523. The summed E-state index contributed by atoms with van der Waals surface area (Å²) in [5.74, 6) is 1.06. The van der Waals surface area contributed by atoms with Crippen LogP contribution in [0.2, 0.25) is 20.4 Å². The Bertz CT molecular complexity index is 1410. The normalized spacial score (nSPS) is 19.6. The van der Waals surface area contributed by atoms with E-state index < -0.39 is 22.9 Å². The van der Waals surface area contributed by atoms with E-state index in [4.69, 9.17) is 0 Å². The fraction of sp³-hybridized carbons (Fsp3) is 0.263. The number of hydrogen-bond donors (Lipinski definition) is 0. The Kier molecular flexibility index (Phi) is 8.65. The van der Waals surface area contributed by atoms with Gasteiger partial charge in [-0.2, -0.15) is 0 Å². The molecule has 3 aliphatic rings. The summed E-state index contributed by atoms with van der Waals surface area (Å²) in [5.41, 5.74) is 14.5. The van der Waals surface area contributed by atoms with Gasteiger partial charge in [0, 0.05) is 9.52 Å². The molecule has 0 amide bonds. The van der Waals surface area contributed by atoms with Crippen molar-refractivity contribution >= 4 is 21.7 Å². The first-order valence-corrected chi connectivity index (χ1v) is 22.7. The van der Waals surface area contributed by atoms with Crippen molar-refractivity contribution in [2.45, 2.75) is 59.0 Å². The monoisotopic (exact) mass is 704 g/mol. The Hall–Kier alpha value is -2.55. The van der Waals surface area contributed by atoms with Crippen molar-refractivity contribution in [3.05, 3.63) is 130 Å². The molecule has 7 rings (SSSR count). The summed E-state index contributed by atoms with van der Waals surface area (Å²) in [4.78, 5) is 0. The summed E-state index contributed by atoms with van der Waals surface area (Å²) in [6.45, 7) is 4.75. The molecule has 2 atom stereocenters. The number of benzene rings is 4. The maximum absolute atomic E-state index is 2.57. The van der Waals surface area contributed by atoms with Crippen LogP contribution in [-0.2, 0) is 22.9 Å². The van der Waals surface area contributed by atoms with Gasteiger partial charge in [0.1, 0.15) is 0 Å². The summed E-state index contributed by atoms with van der Waals surface area (Å²) in [6, 6.07) is 39.0. The minimum absolute atomic E-state index is 0.529. The number of hydrogen-bond acceptors (Lipinski definition) is 0. The van der Waals surface area contributed by atoms with Crippen LogP contribution in [0.15, 0.2) is 108 Å². The molecule has 0 saturated carbocycles. The molecular formula is C38H40HfSi. The van der Waals surface area contributed by atoms with Crippen molar-refractivity contribution in [3.8, 4) is 22.3 Å². The van der Waals surface area contributed by atoms with Crippen LogP contribution in [0.4, 0.5) is 0 Å². The predicted octanol–water partition coefficient (Wildman–Crippen LogP) is 10.4. The topological polar surface area (TPSA) is 0 Å². The quantitative estimate of drug-likeness (QED) is 0.182. The van der Waals surface area contributed by atoms with Crippen LogP contribution in [-0.4, -0.2) is 9.52 Å². The predicted molar refractivity (Wildman–Crippen MR) is 174 cm³/mol. The second-order valence-corrected chi connectivity index (χ2v) is 18.3. The Morgan fingerprint density at radius 2 is 1.05 bits per heavy atom. The Labute approximate surface area is 254 Å². The van der Waals surface area contributed by atoms with Gasteiger partial charge in [0.05, 0.1) is 0 Å². The third-order valence-electron chi connectivity index (χ3n) is 9.15. The molecule has 2 unspecified atom stereocenters. The van der Waals surface area contributed by atoms with E-state index in [1.54, 1.807) is 47.2 Å². The molecule has 200 valence electrons. The summed E-state index contributed by atoms with van der Waals surface area (Å²) in [6.07, 6.45) is 8.10. The molecule has 40 heavy (non-hydrogen) atoms. The van der Waals surface area contributed by atoms with Crippen molar-refractivity contribution < 1.29 is 22.9 Å². The van der Waals surface area contributed by atoms with E-state index in [9.17, 15) is 0 Å². The van der Waals surface area contributed by atoms with Gasteiger partial charge in [-0.15, -0.1) is 0 Å². The van der Waals surface area contributed by atoms with Crippen LogP contribution in [0.1, 0.15) is 60.8 Å². The standard InChI is InChI=1S/C33H27.C4H10Si.CH3.Hf/c1-22-19-32-26(24-11-5-3-6-12-24)15-9-17-28(32)30(22)21-31-23(2)20-33-27(16-10-18-29(31)33)25-13-7-4-8-14-25;1-2-4-5-3-1;;/h3-21,30-31H,1-2H3;1-5H2;1H3;. The number of allylic oxidation sites excluding steroid dienone is 2. The first-order valence-electron chi connectivity index (χ1n) is 15.1. The van der Waals surface area contributed by atoms with Crippen LogP contribution in [0, 0.1) is 0 Å². The maximum atomic E-state index is 2.57. The molecular weight excluding hydrogens is 663 g/mol. The molecule has 0 bridgehead atoms. The van der Waals surface area contributed by atoms with Crippen LogP contribution < -0.4 is 0 Å². The van der Waals surface area contributed by atoms with Crippen LogP contribution in [0.3, 0.4) is 0 Å². The van der Waals surface area contributed by atoms with Crippen molar-refractivity contribution in [3.63, 3.8) is 0 Å². The zero-order chi connectivity index (χ0) is 27.5. The first-order chi connectivity index (χ1) is 19.7. The molecule has 0 spiro atoms. The van der Waals surface area contributed by atoms with Gasteiger partial charge in [-0.3, -0.25) is 0 Å². The third kappa shape index (κ3) is 5.38. The second-order valence-electron chi connectivity index (χ2n) is 11.7. The molecule has 1 fully saturated rings. The summed E-state index contributed by atoms with van der Waals surface area (Å²) in [7, 11) is 0.543. The van der Waals surface area contributed by atoms with Gasteiger partial charge in [-0.25, -0.2) is 0 Å². The van der Waals surface area contributed by atoms with Gasteiger partial charge < -0.3 is 0 Å². The molecule has 0 N–H and O–H groups in total. The fourth-order valence-corrected chi connectivity index (χ4v) is 14.6. The van der Waals surface area contributed by atoms with Crippen molar-refractivity contribution in [2.75, 3.05) is 0 Å². The number of rotatable bonds is 5. The van der Waals surface area contributed by atoms with E-state index in [2.05, 4.69) is 128 Å². The van der Waals surface area contributed by atoms with Crippen LogP contribution in [0.25, 0.3) is 34.4 Å². The molecule has 1 heterocycles. The Morgan fingerprint density at radius 3 is 1.43 bits per heavy atom. The molecule has 2 aliphatic carbocycles. The van der Waals surface area contributed by atoms with Gasteiger partial charge in [0.25, 0.3) is 0 Å². The molecule has 1 saturated heterocycles. The molecule has 4 aromatic carbocycles. The van der Waals surface area contributed by atoms with Crippen LogP contribution >= 0.6 is 0 Å². The van der Waals surface area contributed by atoms with Crippen molar-refractivity contribution in [1.82, 2.24) is 0 Å². The van der Waals surface area contributed by atoms with Crippen molar-refractivity contribution in [1.29, 1.82) is 0 Å².